The Morgan fingerprint density at radius 2 is 1.60 bits per heavy atom. The van der Waals surface area contributed by atoms with Crippen molar-refractivity contribution in [2.45, 2.75) is 12.2 Å². The van der Waals surface area contributed by atoms with E-state index in [-0.39, 0.29) is 48.1 Å². The minimum absolute atomic E-state index is 0.0224. The third-order valence-electron chi connectivity index (χ3n) is 7.02. The van der Waals surface area contributed by atoms with Crippen LogP contribution in [0.15, 0.2) is 60.7 Å². The summed E-state index contributed by atoms with van der Waals surface area (Å²) in [6.07, 6.45) is -5.03. The summed E-state index contributed by atoms with van der Waals surface area (Å²) in [6, 6.07) is 13.6. The number of rotatable bonds is 6. The number of benzene rings is 3. The largest absolute Gasteiger partial charge is 0.455 e. The van der Waals surface area contributed by atoms with Gasteiger partial charge in [0.2, 0.25) is 0 Å². The number of hydrogen-bond donors (Lipinski definition) is 0. The van der Waals surface area contributed by atoms with E-state index >= 15 is 0 Å². The van der Waals surface area contributed by atoms with Crippen molar-refractivity contribution in [3.8, 4) is 11.5 Å². The minimum Gasteiger partial charge on any atom is -0.455 e. The van der Waals surface area contributed by atoms with E-state index < -0.39 is 51.6 Å². The molecule has 3 aromatic rings. The van der Waals surface area contributed by atoms with Crippen molar-refractivity contribution in [2.24, 2.45) is 0 Å². The van der Waals surface area contributed by atoms with Crippen LogP contribution in [0.2, 0.25) is 5.02 Å². The fraction of sp³-hybridized carbons (Fsp3) is 0.259. The zero-order valence-electron chi connectivity index (χ0n) is 21.0. The van der Waals surface area contributed by atoms with Crippen molar-refractivity contribution in [2.75, 3.05) is 38.1 Å². The molecule has 1 atom stereocenters. The molecule has 13 heteroatoms. The molecule has 0 aromatic heterocycles. The predicted octanol–water partition coefficient (Wildman–Crippen LogP) is 5.48. The van der Waals surface area contributed by atoms with Crippen LogP contribution in [0.4, 0.5) is 24.5 Å². The van der Waals surface area contributed by atoms with Gasteiger partial charge in [-0.25, -0.2) is 0 Å². The maximum atomic E-state index is 14.6. The van der Waals surface area contributed by atoms with E-state index in [9.17, 15) is 32.9 Å². The van der Waals surface area contributed by atoms with Crippen LogP contribution in [-0.4, -0.2) is 65.8 Å². The molecule has 0 radical (unpaired) electrons. The average Bonchev–Trinajstić information content (AvgIpc) is 3.15. The Hall–Kier alpha value is -4.16. The molecular formula is C27H22ClF3N4O5. The molecule has 9 nitrogen and oxygen atoms in total. The highest BCUT2D eigenvalue weighted by Gasteiger charge is 2.45. The van der Waals surface area contributed by atoms with Crippen molar-refractivity contribution in [3.05, 3.63) is 92.5 Å². The molecular weight excluding hydrogens is 553 g/mol. The van der Waals surface area contributed by atoms with Crippen LogP contribution in [0.3, 0.4) is 0 Å². The van der Waals surface area contributed by atoms with Crippen LogP contribution in [-0.2, 0) is 6.18 Å². The number of para-hydroxylation sites is 1. The first kappa shape index (κ1) is 27.4. The Kier molecular flexibility index (Phi) is 7.15. The van der Waals surface area contributed by atoms with Crippen molar-refractivity contribution < 1.29 is 32.4 Å². The van der Waals surface area contributed by atoms with E-state index in [4.69, 9.17) is 16.3 Å². The summed E-state index contributed by atoms with van der Waals surface area (Å²) >= 11 is 6.09. The third kappa shape index (κ3) is 4.95. The van der Waals surface area contributed by atoms with E-state index in [1.54, 1.807) is 25.2 Å². The molecule has 5 rings (SSSR count). The molecule has 40 heavy (non-hydrogen) atoms. The number of nitrogens with zero attached hydrogens (tertiary/aromatic N) is 4. The van der Waals surface area contributed by atoms with Gasteiger partial charge in [-0.3, -0.25) is 29.5 Å². The number of ether oxygens (including phenoxy) is 1. The molecule has 1 fully saturated rings. The highest BCUT2D eigenvalue weighted by molar-refractivity contribution is 6.32. The van der Waals surface area contributed by atoms with Gasteiger partial charge in [0.15, 0.2) is 0 Å². The molecule has 1 saturated heterocycles. The van der Waals surface area contributed by atoms with Gasteiger partial charge in [0.1, 0.15) is 22.7 Å². The Balaban J connectivity index is 1.52. The van der Waals surface area contributed by atoms with Crippen molar-refractivity contribution in [1.29, 1.82) is 0 Å². The molecule has 0 saturated carbocycles. The lowest BCUT2D eigenvalue weighted by Gasteiger charge is -2.42. The predicted molar refractivity (Wildman–Crippen MR) is 140 cm³/mol. The van der Waals surface area contributed by atoms with Gasteiger partial charge in [-0.2, -0.15) is 13.2 Å². The number of halogens is 4. The van der Waals surface area contributed by atoms with Crippen LogP contribution in [0.25, 0.3) is 0 Å². The standard InChI is InChI=1S/C27H22ClF3N4O5/c1-32-12-13-33(14-16(32)15-34-25(36)17-6-2-3-7-18(17)26(34)37)24-20(35(38)39)10-11-22(23(24)27(29,30)31)40-21-9-5-4-8-19(21)28/h2-11,16H,12-15H2,1H3/t16-/m1/s1. The summed E-state index contributed by atoms with van der Waals surface area (Å²) in [7, 11) is 1.72. The Morgan fingerprint density at radius 3 is 2.20 bits per heavy atom. The van der Waals surface area contributed by atoms with Gasteiger partial charge in [-0.15, -0.1) is 0 Å². The van der Waals surface area contributed by atoms with E-state index in [1.807, 2.05) is 4.90 Å². The number of carbonyl (C=O) groups is 2. The number of anilines is 1. The molecule has 2 aliphatic heterocycles. The fourth-order valence-electron chi connectivity index (χ4n) is 5.00. The van der Waals surface area contributed by atoms with Crippen molar-refractivity contribution in [3.63, 3.8) is 0 Å². The molecule has 2 amide bonds. The monoisotopic (exact) mass is 574 g/mol. The number of amides is 2. The lowest BCUT2D eigenvalue weighted by Crippen LogP contribution is -2.56. The first-order valence-corrected chi connectivity index (χ1v) is 12.6. The van der Waals surface area contributed by atoms with Crippen LogP contribution in [0, 0.1) is 10.1 Å². The van der Waals surface area contributed by atoms with Crippen molar-refractivity contribution >= 4 is 34.8 Å². The molecule has 3 aromatic carbocycles. The molecule has 0 unspecified atom stereocenters. The molecule has 2 aliphatic rings. The van der Waals surface area contributed by atoms with E-state index in [1.165, 1.54) is 35.2 Å². The van der Waals surface area contributed by atoms with Gasteiger partial charge >= 0.3 is 6.18 Å². The second-order valence-electron chi connectivity index (χ2n) is 9.44. The molecule has 0 bridgehead atoms. The highest BCUT2D eigenvalue weighted by atomic mass is 35.5. The molecule has 0 N–H and O–H groups in total. The summed E-state index contributed by atoms with van der Waals surface area (Å²) in [5, 5.41) is 12.0. The maximum absolute atomic E-state index is 14.6. The number of nitro groups is 1. The first-order chi connectivity index (χ1) is 19.0. The van der Waals surface area contributed by atoms with Gasteiger partial charge in [-0.1, -0.05) is 35.9 Å². The van der Waals surface area contributed by atoms with Gasteiger partial charge in [0, 0.05) is 38.3 Å². The summed E-state index contributed by atoms with van der Waals surface area (Å²) in [6.45, 7) is 0.0140. The number of piperazine rings is 1. The van der Waals surface area contributed by atoms with Crippen molar-refractivity contribution in [1.82, 2.24) is 9.80 Å². The molecule has 0 aliphatic carbocycles. The lowest BCUT2D eigenvalue weighted by molar-refractivity contribution is -0.384. The number of fused-ring (bicyclic) bond motifs is 1. The Labute approximate surface area is 231 Å². The summed E-state index contributed by atoms with van der Waals surface area (Å²) in [4.78, 5) is 41.1. The van der Waals surface area contributed by atoms with Gasteiger partial charge < -0.3 is 9.64 Å². The Bertz CT molecular complexity index is 1480. The lowest BCUT2D eigenvalue weighted by atomic mass is 10.0. The van der Waals surface area contributed by atoms with Gasteiger partial charge in [0.05, 0.1) is 21.1 Å². The summed E-state index contributed by atoms with van der Waals surface area (Å²) in [5.74, 6) is -1.68. The fourth-order valence-corrected chi connectivity index (χ4v) is 5.17. The average molecular weight is 575 g/mol. The number of carbonyl (C=O) groups excluding carboxylic acids is 2. The summed E-state index contributed by atoms with van der Waals surface area (Å²) < 4.78 is 49.3. The van der Waals surface area contributed by atoms with Gasteiger partial charge in [-0.05, 0) is 37.4 Å². The number of alkyl halides is 3. The van der Waals surface area contributed by atoms with E-state index in [2.05, 4.69) is 0 Å². The molecule has 0 spiro atoms. The van der Waals surface area contributed by atoms with Crippen LogP contribution in [0.1, 0.15) is 26.3 Å². The second-order valence-corrected chi connectivity index (χ2v) is 9.85. The minimum atomic E-state index is -5.03. The van der Waals surface area contributed by atoms with Crippen LogP contribution in [0.5, 0.6) is 11.5 Å². The van der Waals surface area contributed by atoms with Crippen LogP contribution < -0.4 is 9.64 Å². The SMILES string of the molecule is CN1CCN(c2c([N+](=O)[O-])ccc(Oc3ccccc3Cl)c2C(F)(F)F)C[C@@H]1CN1C(=O)c2ccccc2C1=O. The topological polar surface area (TPSA) is 96.2 Å². The smallest absolute Gasteiger partial charge is 0.422 e. The van der Waals surface area contributed by atoms with Crippen LogP contribution >= 0.6 is 11.6 Å². The quantitative estimate of drug-likeness (QED) is 0.219. The zero-order chi connectivity index (χ0) is 28.8. The molecule has 2 heterocycles. The highest BCUT2D eigenvalue weighted by Crippen LogP contribution is 2.49. The summed E-state index contributed by atoms with van der Waals surface area (Å²) in [5.41, 5.74) is -2.21. The number of likely N-dealkylation sites (N-methyl/N-ethyl adjacent to an activating group) is 1. The zero-order valence-corrected chi connectivity index (χ0v) is 21.8. The number of imide groups is 1. The van der Waals surface area contributed by atoms with E-state index in [0.29, 0.717) is 0 Å². The van der Waals surface area contributed by atoms with Gasteiger partial charge in [0.25, 0.3) is 17.5 Å². The number of hydrogen-bond acceptors (Lipinski definition) is 7. The first-order valence-electron chi connectivity index (χ1n) is 12.2. The third-order valence-corrected chi connectivity index (χ3v) is 7.33. The number of nitro benzene ring substituents is 1. The normalized spacial score (nSPS) is 17.8. The second kappa shape index (κ2) is 10.4. The maximum Gasteiger partial charge on any atom is 0.422 e. The molecule has 208 valence electrons. The Morgan fingerprint density at radius 1 is 0.975 bits per heavy atom. The van der Waals surface area contributed by atoms with E-state index in [0.717, 1.165) is 17.0 Å².